The van der Waals surface area contributed by atoms with Crippen molar-refractivity contribution in [3.8, 4) is 17.0 Å². The summed E-state index contributed by atoms with van der Waals surface area (Å²) >= 11 is 0. The van der Waals surface area contributed by atoms with E-state index in [4.69, 9.17) is 9.47 Å². The van der Waals surface area contributed by atoms with Crippen molar-refractivity contribution >= 4 is 11.8 Å². The van der Waals surface area contributed by atoms with Gasteiger partial charge in [-0.3, -0.25) is 10.00 Å². The van der Waals surface area contributed by atoms with Crippen LogP contribution in [-0.2, 0) is 11.8 Å². The third-order valence-corrected chi connectivity index (χ3v) is 3.50. The van der Waals surface area contributed by atoms with Gasteiger partial charge in [-0.25, -0.2) is 4.79 Å². The molecule has 0 saturated carbocycles. The van der Waals surface area contributed by atoms with Crippen molar-refractivity contribution in [2.45, 2.75) is 39.4 Å². The number of hydrogen-bond donors (Lipinski definition) is 1. The molecule has 1 amide bonds. The minimum absolute atomic E-state index is 0.132. The van der Waals surface area contributed by atoms with Crippen LogP contribution in [0.3, 0.4) is 0 Å². The zero-order valence-electron chi connectivity index (χ0n) is 14.0. The molecule has 0 spiro atoms. The van der Waals surface area contributed by atoms with E-state index in [-0.39, 0.29) is 6.10 Å². The van der Waals surface area contributed by atoms with E-state index in [1.165, 1.54) is 0 Å². The summed E-state index contributed by atoms with van der Waals surface area (Å²) in [5, 5.41) is 7.28. The number of fused-ring (bicyclic) bond motifs is 3. The molecule has 1 aliphatic heterocycles. The van der Waals surface area contributed by atoms with Gasteiger partial charge in [-0.2, -0.15) is 5.10 Å². The van der Waals surface area contributed by atoms with Gasteiger partial charge in [-0.15, -0.1) is 0 Å². The summed E-state index contributed by atoms with van der Waals surface area (Å²) in [5.74, 6) is 0.622. The maximum absolute atomic E-state index is 12.0. The molecule has 1 aromatic carbocycles. The quantitative estimate of drug-likeness (QED) is 0.867. The minimum atomic E-state index is -0.554. The Morgan fingerprint density at radius 2 is 2.13 bits per heavy atom. The molecule has 122 valence electrons. The summed E-state index contributed by atoms with van der Waals surface area (Å²) in [4.78, 5) is 12.0. The Bertz CT molecular complexity index is 759. The first-order chi connectivity index (χ1) is 10.7. The summed E-state index contributed by atoms with van der Waals surface area (Å²) in [6.45, 7) is 7.44. The van der Waals surface area contributed by atoms with Crippen molar-refractivity contribution in [3.63, 3.8) is 0 Å². The fourth-order valence-corrected chi connectivity index (χ4v) is 2.62. The van der Waals surface area contributed by atoms with Gasteiger partial charge in [-0.05, 0) is 39.8 Å². The summed E-state index contributed by atoms with van der Waals surface area (Å²) < 4.78 is 13.1. The summed E-state index contributed by atoms with van der Waals surface area (Å²) in [6, 6.07) is 5.60. The van der Waals surface area contributed by atoms with Crippen molar-refractivity contribution in [3.05, 3.63) is 30.0 Å². The van der Waals surface area contributed by atoms with E-state index in [1.807, 2.05) is 53.1 Å². The molecule has 1 N–H and O–H groups in total. The number of ether oxygens (including phenoxy) is 2. The number of hydrogen-bond acceptors (Lipinski definition) is 4. The second-order valence-corrected chi connectivity index (χ2v) is 6.68. The number of aryl methyl sites for hydroxylation is 1. The molecule has 0 radical (unpaired) electrons. The van der Waals surface area contributed by atoms with Crippen LogP contribution in [0.2, 0.25) is 0 Å². The Labute approximate surface area is 135 Å². The van der Waals surface area contributed by atoms with E-state index in [0.717, 1.165) is 16.8 Å². The molecular formula is C17H21N3O3. The summed E-state index contributed by atoms with van der Waals surface area (Å²) in [7, 11) is 1.88. The largest absolute Gasteiger partial charge is 0.483 e. The number of carbonyl (C=O) groups is 1. The van der Waals surface area contributed by atoms with Gasteiger partial charge in [0.2, 0.25) is 0 Å². The number of aromatic nitrogens is 2. The number of rotatable bonds is 1. The number of benzene rings is 1. The predicted octanol–water partition coefficient (Wildman–Crippen LogP) is 3.89. The third kappa shape index (κ3) is 3.02. The van der Waals surface area contributed by atoms with Crippen LogP contribution in [0.5, 0.6) is 5.75 Å². The molecule has 0 aliphatic carbocycles. The van der Waals surface area contributed by atoms with E-state index >= 15 is 0 Å². The van der Waals surface area contributed by atoms with Crippen molar-refractivity contribution in [1.29, 1.82) is 0 Å². The number of para-hydroxylation sites is 1. The third-order valence-electron chi connectivity index (χ3n) is 3.50. The normalized spacial score (nSPS) is 16.1. The Morgan fingerprint density at radius 3 is 2.83 bits per heavy atom. The standard InChI is InChI=1S/C17H21N3O3/c1-10-12-9-20(5)19-14(12)11-7-6-8-13(15(11)22-10)18-16(21)23-17(2,3)4/h6-10H,1-5H3,(H,18,21). The number of nitrogens with zero attached hydrogens (tertiary/aromatic N) is 2. The molecule has 0 saturated heterocycles. The fraction of sp³-hybridized carbons (Fsp3) is 0.412. The zero-order chi connectivity index (χ0) is 16.8. The second-order valence-electron chi connectivity index (χ2n) is 6.68. The van der Waals surface area contributed by atoms with Crippen LogP contribution in [0, 0.1) is 0 Å². The minimum Gasteiger partial charge on any atom is -0.483 e. The molecule has 1 unspecified atom stereocenters. The van der Waals surface area contributed by atoms with E-state index in [1.54, 1.807) is 10.7 Å². The summed E-state index contributed by atoms with van der Waals surface area (Å²) in [5.41, 5.74) is 2.82. The Hall–Kier alpha value is -2.50. The molecule has 1 aliphatic rings. The highest BCUT2D eigenvalue weighted by molar-refractivity contribution is 5.90. The van der Waals surface area contributed by atoms with Gasteiger partial charge in [0, 0.05) is 24.4 Å². The molecule has 23 heavy (non-hydrogen) atoms. The van der Waals surface area contributed by atoms with E-state index < -0.39 is 11.7 Å². The molecule has 3 rings (SSSR count). The lowest BCUT2D eigenvalue weighted by molar-refractivity contribution is 0.0635. The van der Waals surface area contributed by atoms with E-state index in [9.17, 15) is 4.79 Å². The van der Waals surface area contributed by atoms with Crippen molar-refractivity contribution in [1.82, 2.24) is 9.78 Å². The van der Waals surface area contributed by atoms with Gasteiger partial charge in [0.15, 0.2) is 5.75 Å². The molecule has 2 heterocycles. The number of anilines is 1. The molecule has 6 nitrogen and oxygen atoms in total. The van der Waals surface area contributed by atoms with Crippen molar-refractivity contribution in [2.75, 3.05) is 5.32 Å². The predicted molar refractivity (Wildman–Crippen MR) is 87.5 cm³/mol. The Balaban J connectivity index is 1.96. The van der Waals surface area contributed by atoms with Gasteiger partial charge >= 0.3 is 6.09 Å². The molecule has 1 aromatic heterocycles. The average Bonchev–Trinajstić information content (AvgIpc) is 2.80. The van der Waals surface area contributed by atoms with Gasteiger partial charge in [0.1, 0.15) is 17.4 Å². The zero-order valence-corrected chi connectivity index (χ0v) is 14.0. The Morgan fingerprint density at radius 1 is 1.39 bits per heavy atom. The fourth-order valence-electron chi connectivity index (χ4n) is 2.62. The maximum atomic E-state index is 12.0. The van der Waals surface area contributed by atoms with E-state index in [2.05, 4.69) is 10.4 Å². The van der Waals surface area contributed by atoms with Crippen LogP contribution in [-0.4, -0.2) is 21.5 Å². The van der Waals surface area contributed by atoms with Crippen LogP contribution < -0.4 is 10.1 Å². The molecular weight excluding hydrogens is 294 g/mol. The van der Waals surface area contributed by atoms with Gasteiger partial charge in [-0.1, -0.05) is 6.07 Å². The highest BCUT2D eigenvalue weighted by Crippen LogP contribution is 2.45. The molecule has 1 atom stereocenters. The first kappa shape index (κ1) is 15.4. The van der Waals surface area contributed by atoms with Crippen LogP contribution in [0.15, 0.2) is 24.4 Å². The lowest BCUT2D eigenvalue weighted by Crippen LogP contribution is -2.27. The smallest absolute Gasteiger partial charge is 0.412 e. The SMILES string of the molecule is CC1Oc2c(NC(=O)OC(C)(C)C)cccc2-c2nn(C)cc21. The number of amides is 1. The molecule has 2 aromatic rings. The molecule has 6 heteroatoms. The van der Waals surface area contributed by atoms with Crippen molar-refractivity contribution in [2.24, 2.45) is 7.05 Å². The van der Waals surface area contributed by atoms with Gasteiger partial charge < -0.3 is 9.47 Å². The molecule has 0 bridgehead atoms. The first-order valence-corrected chi connectivity index (χ1v) is 7.58. The second kappa shape index (κ2) is 5.30. The topological polar surface area (TPSA) is 65.4 Å². The summed E-state index contributed by atoms with van der Waals surface area (Å²) in [6.07, 6.45) is 1.32. The van der Waals surface area contributed by atoms with Crippen LogP contribution in [0.25, 0.3) is 11.3 Å². The van der Waals surface area contributed by atoms with Crippen molar-refractivity contribution < 1.29 is 14.3 Å². The molecule has 0 fully saturated rings. The highest BCUT2D eigenvalue weighted by Gasteiger charge is 2.28. The Kier molecular flexibility index (Phi) is 3.55. The maximum Gasteiger partial charge on any atom is 0.412 e. The lowest BCUT2D eigenvalue weighted by Gasteiger charge is -2.25. The van der Waals surface area contributed by atoms with Gasteiger partial charge in [0.05, 0.1) is 5.69 Å². The van der Waals surface area contributed by atoms with Crippen LogP contribution >= 0.6 is 0 Å². The highest BCUT2D eigenvalue weighted by atomic mass is 16.6. The van der Waals surface area contributed by atoms with Crippen LogP contribution in [0.1, 0.15) is 39.4 Å². The lowest BCUT2D eigenvalue weighted by atomic mass is 10.00. The van der Waals surface area contributed by atoms with E-state index in [0.29, 0.717) is 11.4 Å². The number of carbonyl (C=O) groups excluding carboxylic acids is 1. The first-order valence-electron chi connectivity index (χ1n) is 7.58. The number of nitrogens with one attached hydrogen (secondary N) is 1. The van der Waals surface area contributed by atoms with Gasteiger partial charge in [0.25, 0.3) is 0 Å². The van der Waals surface area contributed by atoms with Crippen LogP contribution in [0.4, 0.5) is 10.5 Å². The monoisotopic (exact) mass is 315 g/mol. The average molecular weight is 315 g/mol.